The predicted octanol–water partition coefficient (Wildman–Crippen LogP) is 1.39. The van der Waals surface area contributed by atoms with Crippen LogP contribution < -0.4 is 0 Å². The molecule has 1 saturated heterocycles. The molecule has 2 amide bonds. The number of ether oxygens (including phenoxy) is 1. The van der Waals surface area contributed by atoms with E-state index in [-0.39, 0.29) is 25.5 Å². The monoisotopic (exact) mass is 273 g/mol. The van der Waals surface area contributed by atoms with Gasteiger partial charge in [-0.2, -0.15) is 0 Å². The lowest BCUT2D eigenvalue weighted by atomic mass is 10.1. The molecule has 5 nitrogen and oxygen atoms in total. The second-order valence-corrected chi connectivity index (χ2v) is 4.35. The summed E-state index contributed by atoms with van der Waals surface area (Å²) < 4.78 is 4.75. The Balaban J connectivity index is 2.13. The lowest BCUT2D eigenvalue weighted by molar-refractivity contribution is -0.151. The summed E-state index contributed by atoms with van der Waals surface area (Å²) >= 11 is 0. The molecule has 5 heteroatoms. The van der Waals surface area contributed by atoms with E-state index in [4.69, 9.17) is 4.74 Å². The van der Waals surface area contributed by atoms with Gasteiger partial charge in [0.05, 0.1) is 13.0 Å². The summed E-state index contributed by atoms with van der Waals surface area (Å²) in [6.07, 6.45) is 1.69. The molecule has 0 radical (unpaired) electrons. The molecule has 1 aliphatic heterocycles. The van der Waals surface area contributed by atoms with Crippen LogP contribution in [0.4, 0.5) is 0 Å². The van der Waals surface area contributed by atoms with Crippen molar-refractivity contribution in [3.8, 4) is 0 Å². The summed E-state index contributed by atoms with van der Waals surface area (Å²) in [4.78, 5) is 36.2. The molecule has 0 atom stereocenters. The van der Waals surface area contributed by atoms with Crippen LogP contribution in [0.3, 0.4) is 0 Å². The first-order valence-corrected chi connectivity index (χ1v) is 6.37. The first-order chi connectivity index (χ1) is 9.61. The zero-order valence-corrected chi connectivity index (χ0v) is 11.2. The largest absolute Gasteiger partial charge is 0.465 e. The van der Waals surface area contributed by atoms with Gasteiger partial charge in [0.15, 0.2) is 0 Å². The van der Waals surface area contributed by atoms with Gasteiger partial charge in [0.2, 0.25) is 5.91 Å². The van der Waals surface area contributed by atoms with E-state index in [2.05, 4.69) is 0 Å². The summed E-state index contributed by atoms with van der Waals surface area (Å²) in [6.45, 7) is 1.58. The average Bonchev–Trinajstić information content (AvgIpc) is 2.68. The number of carbonyl (C=O) groups is 3. The second kappa shape index (κ2) is 6.14. The Kier molecular flexibility index (Phi) is 4.30. The number of hydrogen-bond donors (Lipinski definition) is 0. The maximum atomic E-state index is 12.1. The van der Waals surface area contributed by atoms with Gasteiger partial charge in [-0.1, -0.05) is 30.3 Å². The highest BCUT2D eigenvalue weighted by molar-refractivity contribution is 6.16. The maximum absolute atomic E-state index is 12.1. The van der Waals surface area contributed by atoms with Gasteiger partial charge in [-0.25, -0.2) is 0 Å². The quantitative estimate of drug-likeness (QED) is 0.472. The summed E-state index contributed by atoms with van der Waals surface area (Å²) in [7, 11) is 0. The number of esters is 1. The number of nitrogens with zero attached hydrogens (tertiary/aromatic N) is 1. The highest BCUT2D eigenvalue weighted by atomic mass is 16.5. The Morgan fingerprint density at radius 1 is 1.30 bits per heavy atom. The van der Waals surface area contributed by atoms with Crippen LogP contribution in [-0.2, 0) is 19.1 Å². The molecule has 0 aromatic heterocycles. The summed E-state index contributed by atoms with van der Waals surface area (Å²) in [5.41, 5.74) is 1.24. The van der Waals surface area contributed by atoms with Crippen molar-refractivity contribution in [2.24, 2.45) is 0 Å². The van der Waals surface area contributed by atoms with Crippen LogP contribution in [0.5, 0.6) is 0 Å². The molecule has 1 aliphatic rings. The maximum Gasteiger partial charge on any atom is 0.326 e. The van der Waals surface area contributed by atoms with E-state index in [0.717, 1.165) is 10.5 Å². The highest BCUT2D eigenvalue weighted by Gasteiger charge is 2.35. The minimum atomic E-state index is -0.574. The molecule has 0 aliphatic carbocycles. The third kappa shape index (κ3) is 3.12. The van der Waals surface area contributed by atoms with E-state index in [1.54, 1.807) is 13.0 Å². The minimum Gasteiger partial charge on any atom is -0.465 e. The fourth-order valence-electron chi connectivity index (χ4n) is 1.98. The first kappa shape index (κ1) is 14.0. The van der Waals surface area contributed by atoms with Gasteiger partial charge in [0.1, 0.15) is 6.54 Å². The molecule has 2 rings (SSSR count). The summed E-state index contributed by atoms with van der Waals surface area (Å²) in [5.74, 6) is -1.37. The van der Waals surface area contributed by atoms with Crippen LogP contribution in [0.2, 0.25) is 0 Å². The van der Waals surface area contributed by atoms with Gasteiger partial charge in [0, 0.05) is 5.57 Å². The molecule has 0 bridgehead atoms. The van der Waals surface area contributed by atoms with Crippen molar-refractivity contribution in [1.29, 1.82) is 0 Å². The summed E-state index contributed by atoms with van der Waals surface area (Å²) in [5, 5.41) is 0. The van der Waals surface area contributed by atoms with Crippen molar-refractivity contribution in [3.63, 3.8) is 0 Å². The fraction of sp³-hybridized carbons (Fsp3) is 0.267. The molecular weight excluding hydrogens is 258 g/mol. The molecule has 0 saturated carbocycles. The van der Waals surface area contributed by atoms with Gasteiger partial charge in [0.25, 0.3) is 5.91 Å². The molecule has 0 unspecified atom stereocenters. The Morgan fingerprint density at radius 2 is 2.00 bits per heavy atom. The molecule has 1 aromatic rings. The van der Waals surface area contributed by atoms with Crippen LogP contribution >= 0.6 is 0 Å². The van der Waals surface area contributed by atoms with Crippen LogP contribution in [0.1, 0.15) is 18.9 Å². The average molecular weight is 273 g/mol. The standard InChI is InChI=1S/C15H15NO4/c1-2-20-14(18)10-16-13(17)9-12(15(16)19)8-11-6-4-3-5-7-11/h3-8H,2,9-10H2,1H3/b12-8+. The van der Waals surface area contributed by atoms with Crippen molar-refractivity contribution in [3.05, 3.63) is 41.5 Å². The van der Waals surface area contributed by atoms with E-state index in [1.807, 2.05) is 30.3 Å². The number of benzene rings is 1. The molecule has 0 N–H and O–H groups in total. The molecule has 1 fully saturated rings. The van der Waals surface area contributed by atoms with Gasteiger partial charge in [-0.15, -0.1) is 0 Å². The molecule has 1 heterocycles. The van der Waals surface area contributed by atoms with Gasteiger partial charge >= 0.3 is 5.97 Å². The van der Waals surface area contributed by atoms with Gasteiger partial charge in [-0.3, -0.25) is 19.3 Å². The third-order valence-electron chi connectivity index (χ3n) is 2.90. The normalized spacial score (nSPS) is 16.9. The molecule has 20 heavy (non-hydrogen) atoms. The van der Waals surface area contributed by atoms with E-state index < -0.39 is 11.9 Å². The smallest absolute Gasteiger partial charge is 0.326 e. The fourth-order valence-corrected chi connectivity index (χ4v) is 1.98. The Labute approximate surface area is 116 Å². The summed E-state index contributed by atoms with van der Waals surface area (Å²) in [6, 6.07) is 9.27. The molecule has 104 valence electrons. The van der Waals surface area contributed by atoms with Crippen LogP contribution in [0.25, 0.3) is 6.08 Å². The number of likely N-dealkylation sites (tertiary alicyclic amines) is 1. The van der Waals surface area contributed by atoms with Crippen LogP contribution in [-0.4, -0.2) is 35.8 Å². The SMILES string of the molecule is CCOC(=O)CN1C(=O)C/C(=C\c2ccccc2)C1=O. The Hall–Kier alpha value is -2.43. The number of rotatable bonds is 4. The molecular formula is C15H15NO4. The molecule has 1 aromatic carbocycles. The lowest BCUT2D eigenvalue weighted by Gasteiger charge is -2.11. The van der Waals surface area contributed by atoms with E-state index >= 15 is 0 Å². The van der Waals surface area contributed by atoms with Crippen molar-refractivity contribution >= 4 is 23.9 Å². The van der Waals surface area contributed by atoms with E-state index in [9.17, 15) is 14.4 Å². The van der Waals surface area contributed by atoms with Gasteiger partial charge < -0.3 is 4.74 Å². The Bertz CT molecular complexity index is 562. The van der Waals surface area contributed by atoms with Crippen LogP contribution in [0.15, 0.2) is 35.9 Å². The van der Waals surface area contributed by atoms with Crippen molar-refractivity contribution in [2.45, 2.75) is 13.3 Å². The van der Waals surface area contributed by atoms with Crippen LogP contribution in [0, 0.1) is 0 Å². The van der Waals surface area contributed by atoms with Crippen molar-refractivity contribution < 1.29 is 19.1 Å². The lowest BCUT2D eigenvalue weighted by Crippen LogP contribution is -2.35. The number of carbonyl (C=O) groups excluding carboxylic acids is 3. The van der Waals surface area contributed by atoms with E-state index in [0.29, 0.717) is 5.57 Å². The first-order valence-electron chi connectivity index (χ1n) is 6.37. The van der Waals surface area contributed by atoms with E-state index in [1.165, 1.54) is 0 Å². The number of imide groups is 1. The topological polar surface area (TPSA) is 63.7 Å². The van der Waals surface area contributed by atoms with Crippen molar-refractivity contribution in [1.82, 2.24) is 4.90 Å². The second-order valence-electron chi connectivity index (χ2n) is 4.35. The zero-order chi connectivity index (χ0) is 14.5. The predicted molar refractivity (Wildman–Crippen MR) is 72.4 cm³/mol. The number of amides is 2. The minimum absolute atomic E-state index is 0.0210. The molecule has 0 spiro atoms. The number of hydrogen-bond acceptors (Lipinski definition) is 4. The third-order valence-corrected chi connectivity index (χ3v) is 2.90. The zero-order valence-electron chi connectivity index (χ0n) is 11.2. The van der Waals surface area contributed by atoms with Crippen molar-refractivity contribution in [2.75, 3.05) is 13.2 Å². The Morgan fingerprint density at radius 3 is 2.65 bits per heavy atom. The highest BCUT2D eigenvalue weighted by Crippen LogP contribution is 2.21. The van der Waals surface area contributed by atoms with Gasteiger partial charge in [-0.05, 0) is 18.6 Å².